The van der Waals surface area contributed by atoms with E-state index in [2.05, 4.69) is 37.4 Å². The predicted octanol–water partition coefficient (Wildman–Crippen LogP) is 3.43. The molecule has 0 fully saturated rings. The maximum absolute atomic E-state index is 8.52. The van der Waals surface area contributed by atoms with Crippen molar-refractivity contribution in [2.24, 2.45) is 0 Å². The summed E-state index contributed by atoms with van der Waals surface area (Å²) in [6.07, 6.45) is 0. The summed E-state index contributed by atoms with van der Waals surface area (Å²) in [5, 5.41) is 27.1. The Bertz CT molecular complexity index is 309. The van der Waals surface area contributed by atoms with Gasteiger partial charge in [0.1, 0.15) is 0 Å². The largest absolute Gasteiger partial charge is 0.391 e. The summed E-state index contributed by atoms with van der Waals surface area (Å²) in [7, 11) is -0.480. The molecule has 0 heterocycles. The van der Waals surface area contributed by atoms with Crippen LogP contribution in [0.15, 0.2) is 24.3 Å². The van der Waals surface area contributed by atoms with E-state index in [9.17, 15) is 0 Å². The van der Waals surface area contributed by atoms with Crippen molar-refractivity contribution in [1.82, 2.24) is 0 Å². The first-order chi connectivity index (χ1) is 9.80. The Balaban J connectivity index is -0.000000113. The Labute approximate surface area is 171 Å². The van der Waals surface area contributed by atoms with Gasteiger partial charge in [0.05, 0.1) is 16.8 Å². The summed E-state index contributed by atoms with van der Waals surface area (Å²) in [6, 6.07) is 8.67. The standard InChI is InChI=1S/C7H11Si.3C4H10O.Hf/c1-8(2)7-5-3-4-6-7;3*1-4(2,3)5;/h3-6,8H,1-2H3;3*5H,1-3H3;/q-1;;;;. The number of aliphatic hydroxyl groups is 3. The minimum Gasteiger partial charge on any atom is -0.391 e. The van der Waals surface area contributed by atoms with Crippen LogP contribution >= 0.6 is 0 Å². The second-order valence-corrected chi connectivity index (χ2v) is 11.9. The van der Waals surface area contributed by atoms with Gasteiger partial charge in [0.25, 0.3) is 0 Å². The Kier molecular flexibility index (Phi) is 19.3. The van der Waals surface area contributed by atoms with Gasteiger partial charge in [-0.25, -0.2) is 12.1 Å². The number of hydrogen-bond acceptors (Lipinski definition) is 3. The average Bonchev–Trinajstić information content (AvgIpc) is 2.59. The third-order valence-electron chi connectivity index (χ3n) is 1.36. The molecule has 0 aliphatic carbocycles. The molecule has 0 saturated carbocycles. The van der Waals surface area contributed by atoms with Crippen LogP contribution in [0.1, 0.15) is 62.3 Å². The molecule has 3 N–H and O–H groups in total. The quantitative estimate of drug-likeness (QED) is 0.390. The van der Waals surface area contributed by atoms with Crippen molar-refractivity contribution in [2.45, 2.75) is 92.2 Å². The molecule has 1 aromatic carbocycles. The van der Waals surface area contributed by atoms with Gasteiger partial charge in [0.2, 0.25) is 0 Å². The number of hydrogen-bond donors (Lipinski definition) is 3. The van der Waals surface area contributed by atoms with E-state index in [4.69, 9.17) is 15.3 Å². The van der Waals surface area contributed by atoms with Crippen LogP contribution in [0, 0.1) is 0 Å². The molecule has 0 radical (unpaired) electrons. The first kappa shape index (κ1) is 32.0. The van der Waals surface area contributed by atoms with E-state index in [0.29, 0.717) is 0 Å². The molecule has 0 aliphatic rings. The minimum atomic E-state index is -0.500. The van der Waals surface area contributed by atoms with Gasteiger partial charge in [-0.2, -0.15) is 17.3 Å². The monoisotopic (exact) mass is 525 g/mol. The summed E-state index contributed by atoms with van der Waals surface area (Å²) in [5.74, 6) is 0. The Morgan fingerprint density at radius 3 is 0.875 bits per heavy atom. The molecular formula is C19H41HfO3Si-. The second kappa shape index (κ2) is 14.5. The van der Waals surface area contributed by atoms with Crippen molar-refractivity contribution < 1.29 is 41.2 Å². The Hall–Kier alpha value is 0.317. The molecule has 1 rings (SSSR count). The van der Waals surface area contributed by atoms with Crippen LogP contribution in [0.2, 0.25) is 13.1 Å². The van der Waals surface area contributed by atoms with E-state index in [1.54, 1.807) is 67.5 Å². The number of rotatable bonds is 1. The van der Waals surface area contributed by atoms with Gasteiger partial charge >= 0.3 is 0 Å². The van der Waals surface area contributed by atoms with Crippen LogP contribution < -0.4 is 5.19 Å². The maximum atomic E-state index is 8.52. The normalized spacial score (nSPS) is 11.0. The Morgan fingerprint density at radius 1 is 0.625 bits per heavy atom. The van der Waals surface area contributed by atoms with Crippen molar-refractivity contribution in [1.29, 1.82) is 0 Å². The van der Waals surface area contributed by atoms with E-state index in [-0.39, 0.29) is 25.8 Å². The summed E-state index contributed by atoms with van der Waals surface area (Å²) >= 11 is 0. The molecule has 0 atom stereocenters. The predicted molar refractivity (Wildman–Crippen MR) is 106 cm³/mol. The van der Waals surface area contributed by atoms with Gasteiger partial charge in [-0.15, -0.1) is 0 Å². The summed E-state index contributed by atoms with van der Waals surface area (Å²) < 4.78 is 0. The van der Waals surface area contributed by atoms with Crippen LogP contribution in [-0.4, -0.2) is 40.9 Å². The fourth-order valence-electron chi connectivity index (χ4n) is 0.774. The molecule has 0 unspecified atom stereocenters. The molecule has 24 heavy (non-hydrogen) atoms. The molecule has 0 aromatic heterocycles. The SMILES string of the molecule is CC(C)(C)O.CC(C)(C)O.CC(C)(C)O.C[SiH](C)[c-]1cccc1.[Hf]. The summed E-state index contributed by atoms with van der Waals surface area (Å²) in [4.78, 5) is 0. The van der Waals surface area contributed by atoms with Crippen molar-refractivity contribution >= 4 is 14.0 Å². The molecule has 0 saturated heterocycles. The van der Waals surface area contributed by atoms with Gasteiger partial charge in [-0.1, -0.05) is 13.1 Å². The zero-order chi connectivity index (χ0) is 19.5. The van der Waals surface area contributed by atoms with E-state index in [1.807, 2.05) is 0 Å². The van der Waals surface area contributed by atoms with Gasteiger partial charge in [0.15, 0.2) is 0 Å². The Morgan fingerprint density at radius 2 is 0.792 bits per heavy atom. The van der Waals surface area contributed by atoms with Crippen LogP contribution in [0.25, 0.3) is 0 Å². The first-order valence-electron chi connectivity index (χ1n) is 8.19. The fourth-order valence-corrected chi connectivity index (χ4v) is 1.77. The zero-order valence-electron chi connectivity index (χ0n) is 17.7. The van der Waals surface area contributed by atoms with Gasteiger partial charge in [-0.05, 0) is 62.3 Å². The average molecular weight is 524 g/mol. The maximum Gasteiger partial charge on any atom is 0.0563 e. The summed E-state index contributed by atoms with van der Waals surface area (Å²) in [5.41, 5.74) is -1.50. The summed E-state index contributed by atoms with van der Waals surface area (Å²) in [6.45, 7) is 20.4. The molecule has 5 heteroatoms. The van der Waals surface area contributed by atoms with Crippen molar-refractivity contribution in [3.05, 3.63) is 24.3 Å². The molecule has 0 aliphatic heterocycles. The van der Waals surface area contributed by atoms with Crippen LogP contribution in [0.4, 0.5) is 0 Å². The van der Waals surface area contributed by atoms with E-state index in [1.165, 1.54) is 0 Å². The molecule has 0 bridgehead atoms. The van der Waals surface area contributed by atoms with E-state index in [0.717, 1.165) is 0 Å². The third kappa shape index (κ3) is 79.2. The van der Waals surface area contributed by atoms with Gasteiger partial charge in [-0.3, -0.25) is 0 Å². The molecule has 3 nitrogen and oxygen atoms in total. The first-order valence-corrected chi connectivity index (χ1v) is 11.1. The van der Waals surface area contributed by atoms with Crippen LogP contribution in [0.3, 0.4) is 0 Å². The van der Waals surface area contributed by atoms with Crippen LogP contribution in [0.5, 0.6) is 0 Å². The third-order valence-corrected chi connectivity index (χ3v) is 3.07. The van der Waals surface area contributed by atoms with Crippen molar-refractivity contribution in [2.75, 3.05) is 0 Å². The second-order valence-electron chi connectivity index (χ2n) is 8.89. The van der Waals surface area contributed by atoms with Crippen molar-refractivity contribution in [3.63, 3.8) is 0 Å². The molecule has 0 amide bonds. The minimum absolute atomic E-state index is 0. The molecule has 1 aromatic rings. The topological polar surface area (TPSA) is 60.7 Å². The van der Waals surface area contributed by atoms with Crippen molar-refractivity contribution in [3.8, 4) is 0 Å². The van der Waals surface area contributed by atoms with E-state index < -0.39 is 25.6 Å². The zero-order valence-corrected chi connectivity index (χ0v) is 22.5. The van der Waals surface area contributed by atoms with E-state index >= 15 is 0 Å². The smallest absolute Gasteiger partial charge is 0.0563 e. The fraction of sp³-hybridized carbons (Fsp3) is 0.737. The van der Waals surface area contributed by atoms with Gasteiger partial charge in [0, 0.05) is 34.6 Å². The molecular weight excluding hydrogens is 483 g/mol. The van der Waals surface area contributed by atoms with Gasteiger partial charge < -0.3 is 15.3 Å². The molecule has 144 valence electrons. The van der Waals surface area contributed by atoms with Crippen LogP contribution in [-0.2, 0) is 25.8 Å². The molecule has 0 spiro atoms.